The second kappa shape index (κ2) is 6.98. The van der Waals surface area contributed by atoms with Crippen molar-refractivity contribution in [3.8, 4) is 0 Å². The summed E-state index contributed by atoms with van der Waals surface area (Å²) in [6.45, 7) is 0.678. The normalized spacial score (nSPS) is 16.1. The number of amides is 1. The largest absolute Gasteiger partial charge is 0.350 e. The molecular weight excluding hydrogens is 284 g/mol. The minimum Gasteiger partial charge on any atom is -0.350 e. The summed E-state index contributed by atoms with van der Waals surface area (Å²) in [5, 5.41) is 3.23. The molecule has 19 heavy (non-hydrogen) atoms. The molecule has 0 saturated carbocycles. The van der Waals surface area contributed by atoms with Crippen molar-refractivity contribution in [1.82, 2.24) is 10.3 Å². The molecule has 1 amide bonds. The number of anilines is 1. The van der Waals surface area contributed by atoms with Crippen LogP contribution >= 0.6 is 23.4 Å². The minimum atomic E-state index is -0.250. The number of hydrogen-bond acceptors (Lipinski definition) is 5. The lowest BCUT2D eigenvalue weighted by atomic mass is 10.0. The van der Waals surface area contributed by atoms with Gasteiger partial charge in [-0.2, -0.15) is 11.8 Å². The summed E-state index contributed by atoms with van der Waals surface area (Å²) in [5.74, 6) is 8.34. The number of carbonyl (C=O) groups excluding carboxylic acids is 1. The Morgan fingerprint density at radius 2 is 2.21 bits per heavy atom. The van der Waals surface area contributed by atoms with E-state index in [-0.39, 0.29) is 11.6 Å². The van der Waals surface area contributed by atoms with Crippen LogP contribution in [0.1, 0.15) is 23.3 Å². The van der Waals surface area contributed by atoms with Gasteiger partial charge in [-0.3, -0.25) is 4.79 Å². The molecule has 0 aliphatic carbocycles. The van der Waals surface area contributed by atoms with Crippen LogP contribution in [0.25, 0.3) is 0 Å². The molecule has 0 bridgehead atoms. The number of carbonyl (C=O) groups is 1. The number of rotatable bonds is 4. The van der Waals surface area contributed by atoms with Crippen LogP contribution in [0.3, 0.4) is 0 Å². The van der Waals surface area contributed by atoms with Gasteiger partial charge in [-0.25, -0.2) is 10.8 Å². The summed E-state index contributed by atoms with van der Waals surface area (Å²) >= 11 is 7.94. The fraction of sp³-hybridized carbons (Fsp3) is 0.500. The minimum absolute atomic E-state index is 0.210. The lowest BCUT2D eigenvalue weighted by Gasteiger charge is -2.21. The molecule has 0 unspecified atom stereocenters. The Hall–Kier alpha value is -0.980. The molecule has 1 aromatic heterocycles. The third kappa shape index (κ3) is 3.99. The molecule has 0 aromatic carbocycles. The molecule has 1 fully saturated rings. The van der Waals surface area contributed by atoms with E-state index in [9.17, 15) is 4.79 Å². The second-order valence-corrected chi connectivity index (χ2v) is 6.07. The van der Waals surface area contributed by atoms with E-state index in [1.54, 1.807) is 12.1 Å². The zero-order valence-corrected chi connectivity index (χ0v) is 12.1. The van der Waals surface area contributed by atoms with E-state index in [1.165, 1.54) is 11.5 Å². The van der Waals surface area contributed by atoms with Gasteiger partial charge >= 0.3 is 0 Å². The molecule has 0 radical (unpaired) electrons. The molecule has 104 valence electrons. The summed E-state index contributed by atoms with van der Waals surface area (Å²) in [5.41, 5.74) is 2.61. The predicted molar refractivity (Wildman–Crippen MR) is 79.4 cm³/mol. The van der Waals surface area contributed by atoms with Crippen molar-refractivity contribution in [2.24, 2.45) is 11.8 Å². The summed E-state index contributed by atoms with van der Waals surface area (Å²) in [6, 6.07) is 3.23. The molecule has 1 aliphatic heterocycles. The van der Waals surface area contributed by atoms with Crippen LogP contribution < -0.4 is 16.6 Å². The zero-order chi connectivity index (χ0) is 13.7. The summed E-state index contributed by atoms with van der Waals surface area (Å²) in [6.07, 6.45) is 2.30. The van der Waals surface area contributed by atoms with Crippen molar-refractivity contribution >= 4 is 35.1 Å². The number of nitrogens with two attached hydrogens (primary N) is 1. The van der Waals surface area contributed by atoms with Crippen LogP contribution in [-0.2, 0) is 0 Å². The number of nitrogens with zero attached hydrogens (tertiary/aromatic N) is 1. The first-order valence-corrected chi connectivity index (χ1v) is 7.73. The highest BCUT2D eigenvalue weighted by Gasteiger charge is 2.17. The fourth-order valence-electron chi connectivity index (χ4n) is 1.95. The molecule has 0 atom stereocenters. The maximum Gasteiger partial charge on any atom is 0.271 e. The number of aromatic nitrogens is 1. The molecular formula is C12H17ClN4OS. The van der Waals surface area contributed by atoms with E-state index in [0.29, 0.717) is 23.3 Å². The average Bonchev–Trinajstić information content (AvgIpc) is 2.46. The van der Waals surface area contributed by atoms with Crippen LogP contribution in [0, 0.1) is 5.92 Å². The topological polar surface area (TPSA) is 80.0 Å². The summed E-state index contributed by atoms with van der Waals surface area (Å²) < 4.78 is 0. The molecule has 1 aliphatic rings. The Bertz CT molecular complexity index is 451. The first kappa shape index (κ1) is 14.4. The average molecular weight is 301 g/mol. The maximum absolute atomic E-state index is 12.0. The highest BCUT2D eigenvalue weighted by atomic mass is 35.5. The van der Waals surface area contributed by atoms with E-state index in [2.05, 4.69) is 15.7 Å². The van der Waals surface area contributed by atoms with E-state index in [1.807, 2.05) is 11.8 Å². The van der Waals surface area contributed by atoms with Gasteiger partial charge in [-0.05, 0) is 42.4 Å². The molecule has 7 heteroatoms. The molecule has 0 spiro atoms. The number of halogens is 1. The Morgan fingerprint density at radius 3 is 2.89 bits per heavy atom. The zero-order valence-electron chi connectivity index (χ0n) is 10.5. The predicted octanol–water partition coefficient (Wildman–Crippen LogP) is 1.89. The van der Waals surface area contributed by atoms with Crippen molar-refractivity contribution in [1.29, 1.82) is 0 Å². The van der Waals surface area contributed by atoms with Gasteiger partial charge in [0.2, 0.25) is 0 Å². The van der Waals surface area contributed by atoms with Gasteiger partial charge in [-0.15, -0.1) is 0 Å². The number of thioether (sulfide) groups is 1. The fourth-order valence-corrected chi connectivity index (χ4v) is 3.35. The standard InChI is InChI=1S/C12H17ClN4OS/c13-9-1-2-10(17-14)16-11(9)12(18)15-7-8-3-5-19-6-4-8/h1-2,8H,3-7,14H2,(H,15,18)(H,16,17). The van der Waals surface area contributed by atoms with Crippen molar-refractivity contribution in [3.05, 3.63) is 22.8 Å². The quantitative estimate of drug-likeness (QED) is 0.584. The molecule has 5 nitrogen and oxygen atoms in total. The SMILES string of the molecule is NNc1ccc(Cl)c(C(=O)NCC2CCSCC2)n1. The molecule has 1 saturated heterocycles. The number of nitrogen functional groups attached to an aromatic ring is 1. The van der Waals surface area contributed by atoms with Crippen molar-refractivity contribution in [2.75, 3.05) is 23.5 Å². The third-order valence-electron chi connectivity index (χ3n) is 3.10. The molecule has 2 rings (SSSR count). The lowest BCUT2D eigenvalue weighted by molar-refractivity contribution is 0.0941. The van der Waals surface area contributed by atoms with Crippen molar-refractivity contribution in [2.45, 2.75) is 12.8 Å². The van der Waals surface area contributed by atoms with Crippen molar-refractivity contribution < 1.29 is 4.79 Å². The van der Waals surface area contributed by atoms with Gasteiger partial charge in [0.05, 0.1) is 5.02 Å². The van der Waals surface area contributed by atoms with Gasteiger partial charge in [0.15, 0.2) is 0 Å². The second-order valence-electron chi connectivity index (χ2n) is 4.44. The smallest absolute Gasteiger partial charge is 0.271 e. The van der Waals surface area contributed by atoms with Gasteiger partial charge in [-0.1, -0.05) is 11.6 Å². The van der Waals surface area contributed by atoms with E-state index in [4.69, 9.17) is 17.4 Å². The van der Waals surface area contributed by atoms with Gasteiger partial charge in [0.1, 0.15) is 11.5 Å². The lowest BCUT2D eigenvalue weighted by Crippen LogP contribution is -2.31. The van der Waals surface area contributed by atoms with Crippen LogP contribution in [-0.4, -0.2) is 28.9 Å². The Balaban J connectivity index is 1.95. The first-order valence-electron chi connectivity index (χ1n) is 6.20. The highest BCUT2D eigenvalue weighted by molar-refractivity contribution is 7.99. The molecule has 1 aromatic rings. The highest BCUT2D eigenvalue weighted by Crippen LogP contribution is 2.22. The van der Waals surface area contributed by atoms with E-state index in [0.717, 1.165) is 12.8 Å². The van der Waals surface area contributed by atoms with Crippen molar-refractivity contribution in [3.63, 3.8) is 0 Å². The van der Waals surface area contributed by atoms with Gasteiger partial charge in [0, 0.05) is 6.54 Å². The Kier molecular flexibility index (Phi) is 5.30. The van der Waals surface area contributed by atoms with Crippen LogP contribution in [0.2, 0.25) is 5.02 Å². The number of hydrogen-bond donors (Lipinski definition) is 3. The number of hydrazine groups is 1. The Morgan fingerprint density at radius 1 is 1.47 bits per heavy atom. The Labute approximate surface area is 121 Å². The van der Waals surface area contributed by atoms with Gasteiger partial charge < -0.3 is 10.7 Å². The monoisotopic (exact) mass is 300 g/mol. The van der Waals surface area contributed by atoms with E-state index < -0.39 is 0 Å². The summed E-state index contributed by atoms with van der Waals surface area (Å²) in [4.78, 5) is 16.1. The first-order chi connectivity index (χ1) is 9.20. The number of nitrogens with one attached hydrogen (secondary N) is 2. The summed E-state index contributed by atoms with van der Waals surface area (Å²) in [7, 11) is 0. The maximum atomic E-state index is 12.0. The molecule has 4 N–H and O–H groups in total. The van der Waals surface area contributed by atoms with Crippen LogP contribution in [0.4, 0.5) is 5.82 Å². The van der Waals surface area contributed by atoms with E-state index >= 15 is 0 Å². The molecule has 2 heterocycles. The van der Waals surface area contributed by atoms with Crippen LogP contribution in [0.15, 0.2) is 12.1 Å². The number of pyridine rings is 1. The van der Waals surface area contributed by atoms with Crippen LogP contribution in [0.5, 0.6) is 0 Å². The third-order valence-corrected chi connectivity index (χ3v) is 4.45. The van der Waals surface area contributed by atoms with Gasteiger partial charge in [0.25, 0.3) is 5.91 Å².